The summed E-state index contributed by atoms with van der Waals surface area (Å²) in [7, 11) is 2.74. The third-order valence-electron chi connectivity index (χ3n) is 3.64. The van der Waals surface area contributed by atoms with Gasteiger partial charge in [0.1, 0.15) is 6.61 Å². The van der Waals surface area contributed by atoms with Gasteiger partial charge in [-0.15, -0.1) is 0 Å². The molecular weight excluding hydrogens is 368 g/mol. The van der Waals surface area contributed by atoms with Crippen LogP contribution in [0.2, 0.25) is 0 Å². The number of hydrogen-bond donors (Lipinski definition) is 2. The standard InChI is InChI=1S/C19H20N2O7/c1-25-14-7-13(8-15(26-2)17(14)27-10-16(20)22)19(24)28-9-11-4-3-5-12(6-11)18(21)23/h3-8H,9-10H2,1-2H3,(H2,20,22)(H2,21,23). The van der Waals surface area contributed by atoms with E-state index in [1.54, 1.807) is 18.2 Å². The van der Waals surface area contributed by atoms with Gasteiger partial charge in [-0.2, -0.15) is 0 Å². The van der Waals surface area contributed by atoms with Crippen molar-refractivity contribution in [1.29, 1.82) is 0 Å². The van der Waals surface area contributed by atoms with Crippen LogP contribution in [0.4, 0.5) is 0 Å². The molecule has 9 nitrogen and oxygen atoms in total. The first kappa shape index (κ1) is 20.6. The van der Waals surface area contributed by atoms with Gasteiger partial charge >= 0.3 is 5.97 Å². The van der Waals surface area contributed by atoms with Crippen LogP contribution in [-0.4, -0.2) is 38.6 Å². The Morgan fingerprint density at radius 3 is 2.11 bits per heavy atom. The molecule has 28 heavy (non-hydrogen) atoms. The van der Waals surface area contributed by atoms with E-state index in [4.69, 9.17) is 30.4 Å². The van der Waals surface area contributed by atoms with Gasteiger partial charge in [-0.05, 0) is 29.8 Å². The van der Waals surface area contributed by atoms with Crippen LogP contribution in [0.15, 0.2) is 36.4 Å². The topological polar surface area (TPSA) is 140 Å². The lowest BCUT2D eigenvalue weighted by atomic mass is 10.1. The van der Waals surface area contributed by atoms with Crippen LogP contribution in [0.25, 0.3) is 0 Å². The number of amides is 2. The molecule has 0 aliphatic heterocycles. The zero-order valence-electron chi connectivity index (χ0n) is 15.4. The zero-order valence-corrected chi connectivity index (χ0v) is 15.4. The maximum Gasteiger partial charge on any atom is 0.338 e. The average molecular weight is 388 g/mol. The van der Waals surface area contributed by atoms with E-state index in [1.807, 2.05) is 0 Å². The van der Waals surface area contributed by atoms with Gasteiger partial charge in [-0.25, -0.2) is 4.79 Å². The number of carbonyl (C=O) groups is 3. The third kappa shape index (κ3) is 5.13. The molecule has 0 unspecified atom stereocenters. The molecule has 2 rings (SSSR count). The maximum atomic E-state index is 12.4. The zero-order chi connectivity index (χ0) is 20.7. The van der Waals surface area contributed by atoms with Crippen LogP contribution in [-0.2, 0) is 16.1 Å². The van der Waals surface area contributed by atoms with Gasteiger partial charge in [-0.3, -0.25) is 9.59 Å². The van der Waals surface area contributed by atoms with E-state index in [0.717, 1.165) is 0 Å². The summed E-state index contributed by atoms with van der Waals surface area (Å²) in [6.45, 7) is -0.447. The minimum atomic E-state index is -0.675. The van der Waals surface area contributed by atoms with Crippen LogP contribution < -0.4 is 25.7 Å². The van der Waals surface area contributed by atoms with Gasteiger partial charge in [0.05, 0.1) is 19.8 Å². The molecule has 0 bridgehead atoms. The molecular formula is C19H20N2O7. The first-order chi connectivity index (χ1) is 13.3. The monoisotopic (exact) mass is 388 g/mol. The lowest BCUT2D eigenvalue weighted by molar-refractivity contribution is -0.120. The van der Waals surface area contributed by atoms with Crippen LogP contribution in [0.3, 0.4) is 0 Å². The minimum Gasteiger partial charge on any atom is -0.493 e. The fourth-order valence-corrected chi connectivity index (χ4v) is 2.33. The predicted octanol–water partition coefficient (Wildman–Crippen LogP) is 1.02. The fourth-order valence-electron chi connectivity index (χ4n) is 2.33. The molecule has 0 aromatic heterocycles. The van der Waals surface area contributed by atoms with Crippen molar-refractivity contribution in [1.82, 2.24) is 0 Å². The Morgan fingerprint density at radius 2 is 1.57 bits per heavy atom. The lowest BCUT2D eigenvalue weighted by Crippen LogP contribution is -2.20. The number of primary amides is 2. The molecule has 2 aromatic rings. The largest absolute Gasteiger partial charge is 0.493 e. The SMILES string of the molecule is COc1cc(C(=O)OCc2cccc(C(N)=O)c2)cc(OC)c1OCC(N)=O. The van der Waals surface area contributed by atoms with Gasteiger partial charge in [-0.1, -0.05) is 12.1 Å². The molecule has 0 saturated heterocycles. The number of rotatable bonds is 9. The van der Waals surface area contributed by atoms with Crippen molar-refractivity contribution in [2.24, 2.45) is 11.5 Å². The molecule has 0 atom stereocenters. The molecule has 2 amide bonds. The molecule has 0 fully saturated rings. The highest BCUT2D eigenvalue weighted by molar-refractivity contribution is 5.93. The third-order valence-corrected chi connectivity index (χ3v) is 3.64. The highest BCUT2D eigenvalue weighted by Crippen LogP contribution is 2.38. The van der Waals surface area contributed by atoms with Crippen LogP contribution >= 0.6 is 0 Å². The summed E-state index contributed by atoms with van der Waals surface area (Å²) in [6.07, 6.45) is 0. The van der Waals surface area contributed by atoms with E-state index in [2.05, 4.69) is 0 Å². The molecule has 0 spiro atoms. The van der Waals surface area contributed by atoms with Gasteiger partial charge in [0.2, 0.25) is 11.7 Å². The number of nitrogens with two attached hydrogens (primary N) is 2. The smallest absolute Gasteiger partial charge is 0.338 e. The Morgan fingerprint density at radius 1 is 0.929 bits per heavy atom. The Labute approximate surface area is 161 Å². The number of ether oxygens (including phenoxy) is 4. The second kappa shape index (κ2) is 9.26. The molecule has 0 aliphatic carbocycles. The second-order valence-electron chi connectivity index (χ2n) is 5.61. The highest BCUT2D eigenvalue weighted by atomic mass is 16.5. The minimum absolute atomic E-state index is 0.0650. The summed E-state index contributed by atoms with van der Waals surface area (Å²) in [6, 6.07) is 9.22. The Hall–Kier alpha value is -3.75. The van der Waals surface area contributed by atoms with Gasteiger partial charge in [0, 0.05) is 5.56 Å². The van der Waals surface area contributed by atoms with Gasteiger partial charge in [0.15, 0.2) is 18.1 Å². The molecule has 0 heterocycles. The van der Waals surface area contributed by atoms with Crippen LogP contribution in [0.1, 0.15) is 26.3 Å². The number of hydrogen-bond acceptors (Lipinski definition) is 7. The number of benzene rings is 2. The Kier molecular flexibility index (Phi) is 6.80. The lowest BCUT2D eigenvalue weighted by Gasteiger charge is -2.15. The molecule has 0 radical (unpaired) electrons. The maximum absolute atomic E-state index is 12.4. The van der Waals surface area contributed by atoms with Crippen molar-refractivity contribution in [3.05, 3.63) is 53.1 Å². The summed E-state index contributed by atoms with van der Waals surface area (Å²) in [5, 5.41) is 0. The van der Waals surface area contributed by atoms with Crippen molar-refractivity contribution >= 4 is 17.8 Å². The van der Waals surface area contributed by atoms with Crippen molar-refractivity contribution in [2.45, 2.75) is 6.61 Å². The van der Waals surface area contributed by atoms with E-state index in [-0.39, 0.29) is 36.0 Å². The van der Waals surface area contributed by atoms with E-state index >= 15 is 0 Å². The quantitative estimate of drug-likeness (QED) is 0.611. The average Bonchev–Trinajstić information content (AvgIpc) is 2.69. The van der Waals surface area contributed by atoms with Crippen molar-refractivity contribution in [3.63, 3.8) is 0 Å². The molecule has 0 saturated carbocycles. The highest BCUT2D eigenvalue weighted by Gasteiger charge is 2.19. The molecule has 9 heteroatoms. The number of carbonyl (C=O) groups excluding carboxylic acids is 3. The number of esters is 1. The van der Waals surface area contributed by atoms with Gasteiger partial charge in [0.25, 0.3) is 5.91 Å². The summed E-state index contributed by atoms with van der Waals surface area (Å²) < 4.78 is 21.0. The number of methoxy groups -OCH3 is 2. The first-order valence-corrected chi connectivity index (χ1v) is 8.08. The summed E-state index contributed by atoms with van der Waals surface area (Å²) in [4.78, 5) is 34.6. The summed E-state index contributed by atoms with van der Waals surface area (Å²) in [5.41, 5.74) is 11.4. The molecule has 4 N–H and O–H groups in total. The first-order valence-electron chi connectivity index (χ1n) is 8.08. The van der Waals surface area contributed by atoms with E-state index < -0.39 is 17.8 Å². The van der Waals surface area contributed by atoms with Crippen LogP contribution in [0, 0.1) is 0 Å². The normalized spacial score (nSPS) is 10.1. The van der Waals surface area contributed by atoms with E-state index in [9.17, 15) is 14.4 Å². The molecule has 148 valence electrons. The molecule has 0 aliphatic rings. The fraction of sp³-hybridized carbons (Fsp3) is 0.211. The predicted molar refractivity (Wildman–Crippen MR) is 98.3 cm³/mol. The van der Waals surface area contributed by atoms with Crippen molar-refractivity contribution < 1.29 is 33.3 Å². The Bertz CT molecular complexity index is 871. The van der Waals surface area contributed by atoms with Crippen molar-refractivity contribution in [3.8, 4) is 17.2 Å². The Balaban J connectivity index is 2.19. The summed E-state index contributed by atoms with van der Waals surface area (Å²) >= 11 is 0. The molecule has 2 aromatic carbocycles. The van der Waals surface area contributed by atoms with E-state index in [1.165, 1.54) is 32.4 Å². The van der Waals surface area contributed by atoms with Gasteiger partial charge < -0.3 is 30.4 Å². The van der Waals surface area contributed by atoms with E-state index in [0.29, 0.717) is 11.1 Å². The van der Waals surface area contributed by atoms with Crippen molar-refractivity contribution in [2.75, 3.05) is 20.8 Å². The van der Waals surface area contributed by atoms with Crippen LogP contribution in [0.5, 0.6) is 17.2 Å². The summed E-state index contributed by atoms with van der Waals surface area (Å²) in [5.74, 6) is -1.43. The second-order valence-corrected chi connectivity index (χ2v) is 5.61.